The van der Waals surface area contributed by atoms with Gasteiger partial charge in [0.05, 0.1) is 12.6 Å². The summed E-state index contributed by atoms with van der Waals surface area (Å²) in [7, 11) is 0. The van der Waals surface area contributed by atoms with E-state index in [1.165, 1.54) is 4.90 Å². The van der Waals surface area contributed by atoms with Gasteiger partial charge in [0.1, 0.15) is 0 Å². The van der Waals surface area contributed by atoms with Gasteiger partial charge < -0.3 is 10.6 Å². The van der Waals surface area contributed by atoms with Crippen LogP contribution in [0.1, 0.15) is 18.0 Å². The highest BCUT2D eigenvalue weighted by Crippen LogP contribution is 2.37. The summed E-state index contributed by atoms with van der Waals surface area (Å²) < 4.78 is 0. The van der Waals surface area contributed by atoms with Crippen LogP contribution in [0.25, 0.3) is 0 Å². The van der Waals surface area contributed by atoms with Gasteiger partial charge in [-0.25, -0.2) is 0 Å². The van der Waals surface area contributed by atoms with Gasteiger partial charge in [-0.15, -0.1) is 11.8 Å². The molecule has 0 spiro atoms. The lowest BCUT2D eigenvalue weighted by molar-refractivity contribution is -0.123. The number of fused-ring (bicyclic) bond motifs is 1. The molecular weight excluding hydrogens is 306 g/mol. The zero-order valence-electron chi connectivity index (χ0n) is 11.9. The smallest absolute Gasteiger partial charge is 0.234 e. The lowest BCUT2D eigenvalue weighted by Gasteiger charge is -2.29. The predicted molar refractivity (Wildman–Crippen MR) is 87.0 cm³/mol. The molecule has 0 radical (unpaired) electrons. The summed E-state index contributed by atoms with van der Waals surface area (Å²) in [4.78, 5) is 15.7. The summed E-state index contributed by atoms with van der Waals surface area (Å²) in [6.07, 6.45) is 0.964. The quantitative estimate of drug-likeness (QED) is 0.891. The molecule has 2 heterocycles. The van der Waals surface area contributed by atoms with Crippen molar-refractivity contribution in [1.82, 2.24) is 15.5 Å². The highest BCUT2D eigenvalue weighted by molar-refractivity contribution is 7.99. The summed E-state index contributed by atoms with van der Waals surface area (Å²) in [5, 5.41) is 7.21. The third-order valence-corrected chi connectivity index (χ3v) is 5.28. The maximum absolute atomic E-state index is 12.3. The molecule has 3 rings (SSSR count). The van der Waals surface area contributed by atoms with Crippen LogP contribution in [0.5, 0.6) is 0 Å². The minimum atomic E-state index is 0.0929. The number of carbonyl (C=O) groups excluding carboxylic acids is 1. The third-order valence-electron chi connectivity index (χ3n) is 3.92. The highest BCUT2D eigenvalue weighted by atomic mass is 35.5. The van der Waals surface area contributed by atoms with Gasteiger partial charge in [-0.3, -0.25) is 9.69 Å². The highest BCUT2D eigenvalue weighted by Gasteiger charge is 2.23. The summed E-state index contributed by atoms with van der Waals surface area (Å²) in [5.41, 5.74) is 1.16. The van der Waals surface area contributed by atoms with E-state index in [0.717, 1.165) is 48.9 Å². The second kappa shape index (κ2) is 7.01. The van der Waals surface area contributed by atoms with Gasteiger partial charge in [-0.05, 0) is 30.2 Å². The Hall–Kier alpha value is -0.750. The molecular formula is C15H20ClN3OS. The summed E-state index contributed by atoms with van der Waals surface area (Å²) in [6, 6.07) is 6.05. The van der Waals surface area contributed by atoms with Crippen LogP contribution in [0.3, 0.4) is 0 Å². The van der Waals surface area contributed by atoms with Crippen molar-refractivity contribution >= 4 is 29.3 Å². The zero-order chi connectivity index (χ0) is 14.7. The van der Waals surface area contributed by atoms with Gasteiger partial charge in [0.2, 0.25) is 5.91 Å². The molecule has 1 unspecified atom stereocenters. The van der Waals surface area contributed by atoms with Gasteiger partial charge in [-0.2, -0.15) is 0 Å². The van der Waals surface area contributed by atoms with E-state index in [-0.39, 0.29) is 11.9 Å². The largest absolute Gasteiger partial charge is 0.348 e. The minimum absolute atomic E-state index is 0.0929. The van der Waals surface area contributed by atoms with E-state index in [9.17, 15) is 4.79 Å². The fraction of sp³-hybridized carbons (Fsp3) is 0.533. The number of nitrogens with zero attached hydrogens (tertiary/aromatic N) is 1. The summed E-state index contributed by atoms with van der Waals surface area (Å²) >= 11 is 7.93. The second-order valence-electron chi connectivity index (χ2n) is 5.47. The number of amides is 1. The number of carbonyl (C=O) groups is 1. The van der Waals surface area contributed by atoms with E-state index in [1.807, 2.05) is 23.9 Å². The number of nitrogens with one attached hydrogen (secondary N) is 2. The van der Waals surface area contributed by atoms with Crippen molar-refractivity contribution < 1.29 is 4.79 Å². The number of halogens is 1. The molecule has 21 heavy (non-hydrogen) atoms. The number of piperazine rings is 1. The van der Waals surface area contributed by atoms with E-state index in [2.05, 4.69) is 21.6 Å². The fourth-order valence-corrected chi connectivity index (χ4v) is 4.11. The van der Waals surface area contributed by atoms with Gasteiger partial charge in [-0.1, -0.05) is 11.6 Å². The van der Waals surface area contributed by atoms with Crippen LogP contribution in [-0.2, 0) is 4.79 Å². The average molecular weight is 326 g/mol. The molecule has 1 aromatic carbocycles. The molecule has 1 atom stereocenters. The molecule has 0 saturated carbocycles. The molecule has 114 valence electrons. The molecule has 1 fully saturated rings. The lowest BCUT2D eigenvalue weighted by Crippen LogP contribution is -2.48. The summed E-state index contributed by atoms with van der Waals surface area (Å²) in [5.74, 6) is 1.15. The van der Waals surface area contributed by atoms with Gasteiger partial charge in [0.25, 0.3) is 0 Å². The molecule has 1 saturated heterocycles. The Morgan fingerprint density at radius 1 is 1.43 bits per heavy atom. The van der Waals surface area contributed by atoms with Crippen molar-refractivity contribution in [2.75, 3.05) is 38.5 Å². The van der Waals surface area contributed by atoms with Gasteiger partial charge >= 0.3 is 0 Å². The van der Waals surface area contributed by atoms with Crippen molar-refractivity contribution in [3.8, 4) is 0 Å². The minimum Gasteiger partial charge on any atom is -0.348 e. The molecule has 6 heteroatoms. The predicted octanol–water partition coefficient (Wildman–Crippen LogP) is 1.90. The van der Waals surface area contributed by atoms with Crippen molar-refractivity contribution in [3.63, 3.8) is 0 Å². The van der Waals surface area contributed by atoms with Crippen LogP contribution in [0.15, 0.2) is 23.1 Å². The van der Waals surface area contributed by atoms with Crippen LogP contribution in [-0.4, -0.2) is 49.3 Å². The molecule has 1 aromatic rings. The molecule has 2 aliphatic rings. The molecule has 0 bridgehead atoms. The van der Waals surface area contributed by atoms with E-state index >= 15 is 0 Å². The number of hydrogen-bond donors (Lipinski definition) is 2. The van der Waals surface area contributed by atoms with E-state index < -0.39 is 0 Å². The number of hydrogen-bond acceptors (Lipinski definition) is 4. The number of rotatable bonds is 3. The standard InChI is InChI=1S/C15H20ClN3OS/c16-11-1-2-14-12(9-11)13(3-8-21-14)18-15(20)10-19-6-4-17-5-7-19/h1-2,9,13,17H,3-8,10H2,(H,18,20). The van der Waals surface area contributed by atoms with Crippen molar-refractivity contribution in [2.45, 2.75) is 17.4 Å². The Labute approximate surface area is 134 Å². The molecule has 2 aliphatic heterocycles. The first-order valence-corrected chi connectivity index (χ1v) is 8.73. The van der Waals surface area contributed by atoms with Crippen LogP contribution in [0.2, 0.25) is 5.02 Å². The molecule has 0 aromatic heterocycles. The number of benzene rings is 1. The first kappa shape index (κ1) is 15.2. The van der Waals surface area contributed by atoms with Gasteiger partial charge in [0.15, 0.2) is 0 Å². The third kappa shape index (κ3) is 3.92. The van der Waals surface area contributed by atoms with Crippen molar-refractivity contribution in [2.24, 2.45) is 0 Å². The van der Waals surface area contributed by atoms with Crippen LogP contribution in [0, 0.1) is 0 Å². The van der Waals surface area contributed by atoms with Crippen molar-refractivity contribution in [3.05, 3.63) is 28.8 Å². The Morgan fingerprint density at radius 3 is 3.05 bits per heavy atom. The Balaban J connectivity index is 1.63. The topological polar surface area (TPSA) is 44.4 Å². The van der Waals surface area contributed by atoms with Crippen LogP contribution >= 0.6 is 23.4 Å². The molecule has 4 nitrogen and oxygen atoms in total. The maximum atomic E-state index is 12.3. The monoisotopic (exact) mass is 325 g/mol. The normalized spacial score (nSPS) is 22.6. The van der Waals surface area contributed by atoms with E-state index in [0.29, 0.717) is 6.54 Å². The van der Waals surface area contributed by atoms with Crippen LogP contribution < -0.4 is 10.6 Å². The SMILES string of the molecule is O=C(CN1CCNCC1)NC1CCSc2ccc(Cl)cc21. The maximum Gasteiger partial charge on any atom is 0.234 e. The first-order valence-electron chi connectivity index (χ1n) is 7.37. The second-order valence-corrected chi connectivity index (χ2v) is 7.04. The van der Waals surface area contributed by atoms with Gasteiger partial charge in [0, 0.05) is 41.8 Å². The average Bonchev–Trinajstić information content (AvgIpc) is 2.49. The van der Waals surface area contributed by atoms with E-state index in [4.69, 9.17) is 11.6 Å². The number of thioether (sulfide) groups is 1. The Bertz CT molecular complexity index is 520. The zero-order valence-corrected chi connectivity index (χ0v) is 13.5. The van der Waals surface area contributed by atoms with Crippen LogP contribution in [0.4, 0.5) is 0 Å². The fourth-order valence-electron chi connectivity index (χ4n) is 2.83. The lowest BCUT2D eigenvalue weighted by atomic mass is 10.0. The van der Waals surface area contributed by atoms with E-state index in [1.54, 1.807) is 0 Å². The van der Waals surface area contributed by atoms with Crippen molar-refractivity contribution in [1.29, 1.82) is 0 Å². The molecule has 2 N–H and O–H groups in total. The summed E-state index contributed by atoms with van der Waals surface area (Å²) in [6.45, 7) is 4.30. The molecule has 1 amide bonds. The Morgan fingerprint density at radius 2 is 2.24 bits per heavy atom. The Kier molecular flexibility index (Phi) is 5.06. The first-order chi connectivity index (χ1) is 10.2. The molecule has 0 aliphatic carbocycles.